The lowest BCUT2D eigenvalue weighted by Gasteiger charge is -2.21. The smallest absolute Gasteiger partial charge is 0.254 e. The molecule has 1 rings (SSSR count). The molecule has 1 heterocycles. The second kappa shape index (κ2) is 4.99. The highest BCUT2D eigenvalue weighted by Crippen LogP contribution is 2.16. The van der Waals surface area contributed by atoms with E-state index in [1.54, 1.807) is 10.9 Å². The first-order valence-electron chi connectivity index (χ1n) is 5.20. The largest absolute Gasteiger partial charge is 0.351 e. The van der Waals surface area contributed by atoms with Gasteiger partial charge in [-0.15, -0.1) is 0 Å². The fraction of sp³-hybridized carbons (Fsp3) is 0.636. The summed E-state index contributed by atoms with van der Waals surface area (Å²) in [6, 6.07) is 0. The Morgan fingerprint density at radius 2 is 2.25 bits per heavy atom. The van der Waals surface area contributed by atoms with Crippen LogP contribution in [0.15, 0.2) is 6.20 Å². The van der Waals surface area contributed by atoms with Gasteiger partial charge in [0.05, 0.1) is 11.8 Å². The predicted octanol–water partition coefficient (Wildman–Crippen LogP) is 1.88. The maximum absolute atomic E-state index is 11.9. The van der Waals surface area contributed by atoms with Gasteiger partial charge in [-0.05, 0) is 12.3 Å². The molecule has 0 aromatic carbocycles. The van der Waals surface area contributed by atoms with Gasteiger partial charge in [0.2, 0.25) is 0 Å². The van der Waals surface area contributed by atoms with Gasteiger partial charge < -0.3 is 5.32 Å². The molecular weight excluding hydrogens is 270 g/mol. The number of nitrogens with one attached hydrogen (secondary N) is 1. The van der Waals surface area contributed by atoms with Crippen molar-refractivity contribution in [3.8, 4) is 0 Å². The average molecular weight is 288 g/mol. The highest BCUT2D eigenvalue weighted by molar-refractivity contribution is 9.09. The second-order valence-electron chi connectivity index (χ2n) is 4.75. The quantitative estimate of drug-likeness (QED) is 0.860. The van der Waals surface area contributed by atoms with Crippen LogP contribution in [-0.2, 0) is 7.05 Å². The minimum absolute atomic E-state index is 0.0559. The van der Waals surface area contributed by atoms with Gasteiger partial charge in [0.1, 0.15) is 0 Å². The molecule has 1 aromatic rings. The summed E-state index contributed by atoms with van der Waals surface area (Å²) in [6.07, 6.45) is 1.60. The monoisotopic (exact) mass is 287 g/mol. The third-order valence-corrected chi connectivity index (χ3v) is 4.09. The summed E-state index contributed by atoms with van der Waals surface area (Å²) in [4.78, 5) is 11.9. The molecule has 0 atom stereocenters. The van der Waals surface area contributed by atoms with Crippen molar-refractivity contribution in [1.29, 1.82) is 0 Å². The normalized spacial score (nSPS) is 11.6. The zero-order chi connectivity index (χ0) is 12.3. The van der Waals surface area contributed by atoms with E-state index in [0.717, 1.165) is 11.0 Å². The Labute approximate surface area is 105 Å². The molecule has 0 aliphatic heterocycles. The summed E-state index contributed by atoms with van der Waals surface area (Å²) < 4.78 is 1.70. The van der Waals surface area contributed by atoms with E-state index in [1.165, 1.54) is 0 Å². The van der Waals surface area contributed by atoms with Crippen LogP contribution in [0.4, 0.5) is 0 Å². The molecule has 0 aliphatic carbocycles. The van der Waals surface area contributed by atoms with Crippen LogP contribution in [0.5, 0.6) is 0 Å². The molecule has 0 radical (unpaired) electrons. The maximum Gasteiger partial charge on any atom is 0.254 e. The molecule has 4 nitrogen and oxygen atoms in total. The summed E-state index contributed by atoms with van der Waals surface area (Å²) >= 11 is 3.43. The molecule has 1 aromatic heterocycles. The van der Waals surface area contributed by atoms with E-state index in [-0.39, 0.29) is 11.3 Å². The number of nitrogens with zero attached hydrogens (tertiary/aromatic N) is 2. The third kappa shape index (κ3) is 3.07. The van der Waals surface area contributed by atoms with Crippen LogP contribution < -0.4 is 5.32 Å². The molecule has 0 saturated carbocycles. The summed E-state index contributed by atoms with van der Waals surface area (Å²) in [7, 11) is 1.83. The van der Waals surface area contributed by atoms with E-state index in [4.69, 9.17) is 0 Å². The van der Waals surface area contributed by atoms with Gasteiger partial charge in [-0.25, -0.2) is 0 Å². The van der Waals surface area contributed by atoms with Crippen LogP contribution in [0.1, 0.15) is 29.9 Å². The van der Waals surface area contributed by atoms with Crippen molar-refractivity contribution in [2.24, 2.45) is 12.5 Å². The Morgan fingerprint density at radius 1 is 1.62 bits per heavy atom. The maximum atomic E-state index is 11.9. The Balaban J connectivity index is 2.64. The van der Waals surface area contributed by atoms with Crippen LogP contribution in [-0.4, -0.2) is 27.6 Å². The molecule has 0 bridgehead atoms. The fourth-order valence-corrected chi connectivity index (χ4v) is 1.38. The number of carbonyl (C=O) groups is 1. The van der Waals surface area contributed by atoms with E-state index in [0.29, 0.717) is 12.1 Å². The molecule has 5 heteroatoms. The number of rotatable bonds is 4. The van der Waals surface area contributed by atoms with E-state index in [9.17, 15) is 4.79 Å². The number of alkyl halides is 1. The molecule has 0 fully saturated rings. The Morgan fingerprint density at radius 3 is 2.69 bits per heavy atom. The molecule has 0 aliphatic rings. The predicted molar refractivity (Wildman–Crippen MR) is 67.9 cm³/mol. The highest BCUT2D eigenvalue weighted by atomic mass is 79.9. The average Bonchev–Trinajstić information content (AvgIpc) is 2.57. The van der Waals surface area contributed by atoms with E-state index in [1.807, 2.05) is 14.0 Å². The lowest BCUT2D eigenvalue weighted by Crippen LogP contribution is -2.35. The van der Waals surface area contributed by atoms with E-state index >= 15 is 0 Å². The summed E-state index contributed by atoms with van der Waals surface area (Å²) in [5, 5.41) is 7.82. The minimum Gasteiger partial charge on any atom is -0.351 e. The van der Waals surface area contributed by atoms with Crippen molar-refractivity contribution in [2.45, 2.75) is 20.8 Å². The lowest BCUT2D eigenvalue weighted by molar-refractivity contribution is 0.0939. The summed E-state index contributed by atoms with van der Waals surface area (Å²) in [6.45, 7) is 6.72. The van der Waals surface area contributed by atoms with Crippen molar-refractivity contribution in [3.05, 3.63) is 17.5 Å². The number of halogens is 1. The molecule has 0 saturated heterocycles. The molecule has 1 N–H and O–H groups in total. The van der Waals surface area contributed by atoms with Crippen molar-refractivity contribution in [1.82, 2.24) is 15.1 Å². The van der Waals surface area contributed by atoms with Gasteiger partial charge in [-0.1, -0.05) is 29.8 Å². The van der Waals surface area contributed by atoms with E-state index in [2.05, 4.69) is 40.2 Å². The SMILES string of the molecule is Cc1c(C(=O)NCC(C)(C)CBr)cnn1C. The molecule has 16 heavy (non-hydrogen) atoms. The highest BCUT2D eigenvalue weighted by Gasteiger charge is 2.19. The van der Waals surface area contributed by atoms with Crippen molar-refractivity contribution in [3.63, 3.8) is 0 Å². The molecule has 0 spiro atoms. The third-order valence-electron chi connectivity index (χ3n) is 2.57. The van der Waals surface area contributed by atoms with Crippen LogP contribution >= 0.6 is 15.9 Å². The number of aryl methyl sites for hydroxylation is 1. The minimum atomic E-state index is -0.0559. The first kappa shape index (κ1) is 13.2. The van der Waals surface area contributed by atoms with Gasteiger partial charge in [0.15, 0.2) is 0 Å². The number of hydrogen-bond donors (Lipinski definition) is 1. The first-order chi connectivity index (χ1) is 7.37. The zero-order valence-electron chi connectivity index (χ0n) is 10.2. The Bertz CT molecular complexity index is 385. The van der Waals surface area contributed by atoms with Gasteiger partial charge in [-0.3, -0.25) is 9.48 Å². The number of carbonyl (C=O) groups excluding carboxylic acids is 1. The van der Waals surface area contributed by atoms with Gasteiger partial charge in [0, 0.05) is 24.6 Å². The van der Waals surface area contributed by atoms with Crippen molar-refractivity contribution >= 4 is 21.8 Å². The topological polar surface area (TPSA) is 46.9 Å². The number of aromatic nitrogens is 2. The lowest BCUT2D eigenvalue weighted by atomic mass is 9.97. The number of amides is 1. The Kier molecular flexibility index (Phi) is 4.13. The van der Waals surface area contributed by atoms with Gasteiger partial charge in [0.25, 0.3) is 5.91 Å². The second-order valence-corrected chi connectivity index (χ2v) is 5.31. The first-order valence-corrected chi connectivity index (χ1v) is 6.32. The van der Waals surface area contributed by atoms with Gasteiger partial charge >= 0.3 is 0 Å². The van der Waals surface area contributed by atoms with Crippen LogP contribution in [0.3, 0.4) is 0 Å². The molecule has 1 amide bonds. The van der Waals surface area contributed by atoms with Crippen molar-refractivity contribution in [2.75, 3.05) is 11.9 Å². The zero-order valence-corrected chi connectivity index (χ0v) is 11.8. The summed E-state index contributed by atoms with van der Waals surface area (Å²) in [5.74, 6) is -0.0559. The van der Waals surface area contributed by atoms with E-state index < -0.39 is 0 Å². The molecular formula is C11H18BrN3O. The fourth-order valence-electron chi connectivity index (χ4n) is 1.18. The van der Waals surface area contributed by atoms with Crippen LogP contribution in [0.25, 0.3) is 0 Å². The number of hydrogen-bond acceptors (Lipinski definition) is 2. The van der Waals surface area contributed by atoms with Crippen LogP contribution in [0.2, 0.25) is 0 Å². The molecule has 0 unspecified atom stereocenters. The summed E-state index contributed by atoms with van der Waals surface area (Å²) in [5.41, 5.74) is 1.59. The Hall–Kier alpha value is -0.840. The van der Waals surface area contributed by atoms with Crippen LogP contribution in [0, 0.1) is 12.3 Å². The van der Waals surface area contributed by atoms with Gasteiger partial charge in [-0.2, -0.15) is 5.10 Å². The molecule has 90 valence electrons. The van der Waals surface area contributed by atoms with Crippen molar-refractivity contribution < 1.29 is 4.79 Å². The standard InChI is InChI=1S/C11H18BrN3O/c1-8-9(5-14-15(8)4)10(16)13-7-11(2,3)6-12/h5H,6-7H2,1-4H3,(H,13,16).